The van der Waals surface area contributed by atoms with Gasteiger partial charge in [-0.1, -0.05) is 6.92 Å². The topological polar surface area (TPSA) is 101 Å². The Morgan fingerprint density at radius 1 is 1.40 bits per heavy atom. The van der Waals surface area contributed by atoms with Gasteiger partial charge in [0.05, 0.1) is 0 Å². The van der Waals surface area contributed by atoms with E-state index in [-0.39, 0.29) is 6.42 Å². The molecule has 0 saturated carbocycles. The first kappa shape index (κ1) is 9.80. The van der Waals surface area contributed by atoms with Crippen molar-refractivity contribution in [1.82, 2.24) is 0 Å². The summed E-state index contributed by atoms with van der Waals surface area (Å²) < 4.78 is 0. The van der Waals surface area contributed by atoms with Gasteiger partial charge in [-0.2, -0.15) is 0 Å². The second-order valence-corrected chi connectivity index (χ2v) is 1.97. The highest BCUT2D eigenvalue weighted by molar-refractivity contribution is 4.86. The molecule has 0 bridgehead atoms. The van der Waals surface area contributed by atoms with Gasteiger partial charge in [-0.3, -0.25) is 0 Å². The van der Waals surface area contributed by atoms with E-state index in [1.807, 2.05) is 0 Å². The molecule has 1 radical (unpaired) electrons. The van der Waals surface area contributed by atoms with E-state index in [2.05, 4.69) is 0 Å². The van der Waals surface area contributed by atoms with Crippen LogP contribution in [0.3, 0.4) is 0 Å². The average molecular weight is 151 g/mol. The number of aliphatic hydroxyl groups is 5. The van der Waals surface area contributed by atoms with Crippen LogP contribution in [-0.4, -0.2) is 37.4 Å². The molecule has 0 aromatic heterocycles. The third kappa shape index (κ3) is 1.89. The Bertz CT molecular complexity index is 100. The summed E-state index contributed by atoms with van der Waals surface area (Å²) in [4.78, 5) is 0. The van der Waals surface area contributed by atoms with Crippen molar-refractivity contribution in [1.29, 1.82) is 0 Å². The molecule has 5 N–H and O–H groups in total. The van der Waals surface area contributed by atoms with Crippen LogP contribution in [0.2, 0.25) is 0 Å². The lowest BCUT2D eigenvalue weighted by Gasteiger charge is -2.26. The van der Waals surface area contributed by atoms with E-state index in [0.717, 1.165) is 0 Å². The van der Waals surface area contributed by atoms with E-state index >= 15 is 0 Å². The molecular weight excluding hydrogens is 140 g/mol. The van der Waals surface area contributed by atoms with Gasteiger partial charge >= 0.3 is 0 Å². The molecule has 0 saturated heterocycles. The van der Waals surface area contributed by atoms with Crippen LogP contribution >= 0.6 is 0 Å². The average Bonchev–Trinajstić information content (AvgIpc) is 1.86. The Hall–Kier alpha value is -0.200. The smallest absolute Gasteiger partial charge is 0.282 e. The van der Waals surface area contributed by atoms with Gasteiger partial charge in [0.25, 0.3) is 12.1 Å². The molecule has 0 aliphatic rings. The fourth-order valence-electron chi connectivity index (χ4n) is 0.434. The number of rotatable bonds is 3. The molecule has 0 aromatic rings. The highest BCUT2D eigenvalue weighted by atomic mass is 16.6. The molecule has 0 rings (SSSR count). The minimum Gasteiger partial charge on any atom is -0.387 e. The standard InChI is InChI=1S/C5H11O5/c1-2-3(6)5(9,10)4(7)8/h3,6-10H,2H2,1H3. The van der Waals surface area contributed by atoms with E-state index in [1.165, 1.54) is 6.92 Å². The highest BCUT2D eigenvalue weighted by Crippen LogP contribution is 2.17. The fraction of sp³-hybridized carbons (Fsp3) is 0.800. The van der Waals surface area contributed by atoms with Gasteiger partial charge < -0.3 is 25.5 Å². The lowest BCUT2D eigenvalue weighted by molar-refractivity contribution is -0.273. The molecule has 0 aliphatic heterocycles. The van der Waals surface area contributed by atoms with Crippen LogP contribution in [0.5, 0.6) is 0 Å². The van der Waals surface area contributed by atoms with Gasteiger partial charge in [0.1, 0.15) is 6.10 Å². The monoisotopic (exact) mass is 151 g/mol. The van der Waals surface area contributed by atoms with Gasteiger partial charge in [-0.05, 0) is 6.42 Å². The van der Waals surface area contributed by atoms with Gasteiger partial charge in [0.15, 0.2) is 0 Å². The van der Waals surface area contributed by atoms with E-state index in [0.29, 0.717) is 0 Å². The number of hydrogen-bond donors (Lipinski definition) is 5. The Labute approximate surface area is 58.2 Å². The van der Waals surface area contributed by atoms with Crippen LogP contribution in [0.25, 0.3) is 0 Å². The third-order valence-corrected chi connectivity index (χ3v) is 1.18. The normalized spacial score (nSPS) is 15.9. The first-order valence-electron chi connectivity index (χ1n) is 2.81. The Morgan fingerprint density at radius 2 is 1.80 bits per heavy atom. The Balaban J connectivity index is 4.09. The Kier molecular flexibility index (Phi) is 3.20. The Morgan fingerprint density at radius 3 is 1.90 bits per heavy atom. The lowest BCUT2D eigenvalue weighted by Crippen LogP contribution is -2.47. The molecule has 0 fully saturated rings. The van der Waals surface area contributed by atoms with Crippen LogP contribution < -0.4 is 0 Å². The molecule has 5 nitrogen and oxygen atoms in total. The van der Waals surface area contributed by atoms with Crippen LogP contribution in [0, 0.1) is 6.29 Å². The van der Waals surface area contributed by atoms with Crippen molar-refractivity contribution in [2.45, 2.75) is 25.2 Å². The largest absolute Gasteiger partial charge is 0.387 e. The van der Waals surface area contributed by atoms with Crippen molar-refractivity contribution >= 4 is 0 Å². The van der Waals surface area contributed by atoms with Crippen molar-refractivity contribution in [2.75, 3.05) is 0 Å². The highest BCUT2D eigenvalue weighted by Gasteiger charge is 2.40. The third-order valence-electron chi connectivity index (χ3n) is 1.18. The van der Waals surface area contributed by atoms with Crippen molar-refractivity contribution in [3.8, 4) is 0 Å². The number of aliphatic hydroxyl groups excluding tert-OH is 2. The summed E-state index contributed by atoms with van der Waals surface area (Å²) in [6, 6.07) is 0. The summed E-state index contributed by atoms with van der Waals surface area (Å²) in [6.45, 7) is 1.47. The first-order chi connectivity index (χ1) is 4.42. The second kappa shape index (κ2) is 3.27. The zero-order chi connectivity index (χ0) is 8.36. The fourth-order valence-corrected chi connectivity index (χ4v) is 0.434. The first-order valence-corrected chi connectivity index (χ1v) is 2.81. The molecule has 10 heavy (non-hydrogen) atoms. The summed E-state index contributed by atoms with van der Waals surface area (Å²) in [5, 5.41) is 42.4. The van der Waals surface area contributed by atoms with Crippen molar-refractivity contribution in [2.24, 2.45) is 0 Å². The summed E-state index contributed by atoms with van der Waals surface area (Å²) in [5.41, 5.74) is 0. The zero-order valence-electron chi connectivity index (χ0n) is 5.52. The lowest BCUT2D eigenvalue weighted by atomic mass is 10.1. The molecule has 1 atom stereocenters. The van der Waals surface area contributed by atoms with Crippen LogP contribution in [-0.2, 0) is 0 Å². The molecule has 5 heteroatoms. The van der Waals surface area contributed by atoms with Gasteiger partial charge in [-0.25, -0.2) is 0 Å². The van der Waals surface area contributed by atoms with E-state index in [9.17, 15) is 0 Å². The molecule has 0 amide bonds. The zero-order valence-corrected chi connectivity index (χ0v) is 5.52. The van der Waals surface area contributed by atoms with Gasteiger partial charge in [0, 0.05) is 0 Å². The molecule has 61 valence electrons. The molecule has 0 aliphatic carbocycles. The quantitative estimate of drug-likeness (QED) is 0.322. The molecular formula is C5H11O5. The molecule has 0 aromatic carbocycles. The summed E-state index contributed by atoms with van der Waals surface area (Å²) in [5.74, 6) is -2.91. The van der Waals surface area contributed by atoms with Crippen molar-refractivity contribution in [3.63, 3.8) is 0 Å². The maximum Gasteiger partial charge on any atom is 0.282 e. The van der Waals surface area contributed by atoms with Crippen molar-refractivity contribution < 1.29 is 25.5 Å². The van der Waals surface area contributed by atoms with Gasteiger partial charge in [-0.15, -0.1) is 0 Å². The van der Waals surface area contributed by atoms with Gasteiger partial charge in [0.2, 0.25) is 0 Å². The van der Waals surface area contributed by atoms with Crippen LogP contribution in [0.15, 0.2) is 0 Å². The van der Waals surface area contributed by atoms with Crippen molar-refractivity contribution in [3.05, 3.63) is 6.29 Å². The van der Waals surface area contributed by atoms with E-state index in [1.54, 1.807) is 0 Å². The minimum atomic E-state index is -2.91. The predicted octanol–water partition coefficient (Wildman–Crippen LogP) is -1.33. The summed E-state index contributed by atoms with van der Waals surface area (Å²) >= 11 is 0. The second-order valence-electron chi connectivity index (χ2n) is 1.97. The van der Waals surface area contributed by atoms with E-state index in [4.69, 9.17) is 25.5 Å². The molecule has 0 spiro atoms. The van der Waals surface area contributed by atoms with E-state index < -0.39 is 18.2 Å². The molecule has 1 unspecified atom stereocenters. The SMILES string of the molecule is CCC(O)C(O)(O)[C](O)O. The predicted molar refractivity (Wildman–Crippen MR) is 30.6 cm³/mol. The summed E-state index contributed by atoms with van der Waals surface area (Å²) in [6.07, 6.45) is -3.17. The molecule has 0 heterocycles. The van der Waals surface area contributed by atoms with Crippen LogP contribution in [0.4, 0.5) is 0 Å². The maximum atomic E-state index is 8.72. The number of hydrogen-bond acceptors (Lipinski definition) is 5. The summed E-state index contributed by atoms with van der Waals surface area (Å²) in [7, 11) is 0. The van der Waals surface area contributed by atoms with Crippen LogP contribution in [0.1, 0.15) is 13.3 Å². The minimum absolute atomic E-state index is 0.0115. The maximum absolute atomic E-state index is 8.72.